The third-order valence-corrected chi connectivity index (χ3v) is 2.69. The molecule has 0 aromatic rings. The number of piperidine rings is 1. The maximum atomic E-state index is 4.11. The lowest BCUT2D eigenvalue weighted by Gasteiger charge is -2.34. The Labute approximate surface area is 76.5 Å². The number of hydrogen-bond donors (Lipinski definition) is 0. The molecule has 12 heavy (non-hydrogen) atoms. The molecule has 1 unspecified atom stereocenters. The Morgan fingerprint density at radius 1 is 1.58 bits per heavy atom. The van der Waals surface area contributed by atoms with E-state index in [-0.39, 0.29) is 0 Å². The summed E-state index contributed by atoms with van der Waals surface area (Å²) in [5, 5.41) is 0. The zero-order valence-electron chi connectivity index (χ0n) is 8.47. The van der Waals surface area contributed by atoms with Crippen molar-refractivity contribution >= 4 is 0 Å². The third-order valence-electron chi connectivity index (χ3n) is 2.69. The molecule has 0 aromatic heterocycles. The molecule has 1 heteroatoms. The fourth-order valence-electron chi connectivity index (χ4n) is 1.77. The SMILES string of the molecule is C=C1CCC(C)CN1CCCC. The van der Waals surface area contributed by atoms with Crippen molar-refractivity contribution < 1.29 is 0 Å². The molecule has 0 bridgehead atoms. The van der Waals surface area contributed by atoms with Crippen LogP contribution in [0.3, 0.4) is 0 Å². The van der Waals surface area contributed by atoms with Crippen molar-refractivity contribution in [3.05, 3.63) is 12.3 Å². The van der Waals surface area contributed by atoms with Crippen LogP contribution in [0.1, 0.15) is 39.5 Å². The normalized spacial score (nSPS) is 24.7. The van der Waals surface area contributed by atoms with E-state index < -0.39 is 0 Å². The van der Waals surface area contributed by atoms with Crippen molar-refractivity contribution in [3.8, 4) is 0 Å². The number of rotatable bonds is 3. The molecule has 1 aliphatic rings. The molecule has 1 atom stereocenters. The lowest BCUT2D eigenvalue weighted by Crippen LogP contribution is -2.32. The molecule has 1 fully saturated rings. The lowest BCUT2D eigenvalue weighted by atomic mass is 9.98. The van der Waals surface area contributed by atoms with Crippen molar-refractivity contribution in [1.29, 1.82) is 0 Å². The van der Waals surface area contributed by atoms with Crippen molar-refractivity contribution in [2.75, 3.05) is 13.1 Å². The second kappa shape index (κ2) is 4.54. The molecule has 0 aromatic carbocycles. The standard InChI is InChI=1S/C11H21N/c1-4-5-8-12-9-10(2)6-7-11(12)3/h10H,3-9H2,1-2H3. The predicted octanol–water partition coefficient (Wildman–Crippen LogP) is 3.03. The van der Waals surface area contributed by atoms with Crippen molar-refractivity contribution in [1.82, 2.24) is 4.90 Å². The maximum absolute atomic E-state index is 4.11. The van der Waals surface area contributed by atoms with Crippen LogP contribution in [-0.2, 0) is 0 Å². The Bertz CT molecular complexity index is 151. The first-order valence-electron chi connectivity index (χ1n) is 5.16. The van der Waals surface area contributed by atoms with Gasteiger partial charge in [0.25, 0.3) is 0 Å². The Balaban J connectivity index is 2.33. The monoisotopic (exact) mass is 167 g/mol. The molecule has 70 valence electrons. The summed E-state index contributed by atoms with van der Waals surface area (Å²) in [6.45, 7) is 11.2. The summed E-state index contributed by atoms with van der Waals surface area (Å²) in [5.74, 6) is 0.868. The molecule has 0 spiro atoms. The van der Waals surface area contributed by atoms with E-state index in [0.717, 1.165) is 5.92 Å². The van der Waals surface area contributed by atoms with Crippen molar-refractivity contribution in [3.63, 3.8) is 0 Å². The van der Waals surface area contributed by atoms with Crippen molar-refractivity contribution in [2.45, 2.75) is 39.5 Å². The number of unbranched alkanes of at least 4 members (excludes halogenated alkanes) is 1. The summed E-state index contributed by atoms with van der Waals surface area (Å²) in [6, 6.07) is 0. The van der Waals surface area contributed by atoms with Gasteiger partial charge in [0.2, 0.25) is 0 Å². The predicted molar refractivity (Wildman–Crippen MR) is 54.0 cm³/mol. The minimum absolute atomic E-state index is 0.868. The topological polar surface area (TPSA) is 3.24 Å². The van der Waals surface area contributed by atoms with Crippen LogP contribution < -0.4 is 0 Å². The quantitative estimate of drug-likeness (QED) is 0.624. The van der Waals surface area contributed by atoms with Crippen LogP contribution in [0.5, 0.6) is 0 Å². The molecule has 1 aliphatic heterocycles. The molecule has 0 radical (unpaired) electrons. The smallest absolute Gasteiger partial charge is 0.0200 e. The minimum atomic E-state index is 0.868. The van der Waals surface area contributed by atoms with Gasteiger partial charge in [-0.25, -0.2) is 0 Å². The summed E-state index contributed by atoms with van der Waals surface area (Å²) in [6.07, 6.45) is 5.15. The Morgan fingerprint density at radius 3 is 3.00 bits per heavy atom. The molecule has 0 N–H and O–H groups in total. The summed E-state index contributed by atoms with van der Waals surface area (Å²) >= 11 is 0. The van der Waals surface area contributed by atoms with E-state index in [9.17, 15) is 0 Å². The van der Waals surface area contributed by atoms with Crippen LogP contribution in [0.25, 0.3) is 0 Å². The molecule has 1 heterocycles. The summed E-state index contributed by atoms with van der Waals surface area (Å²) in [5.41, 5.74) is 1.36. The fourth-order valence-corrected chi connectivity index (χ4v) is 1.77. The Hall–Kier alpha value is -0.460. The molecule has 0 aliphatic carbocycles. The first-order chi connectivity index (χ1) is 5.74. The highest BCUT2D eigenvalue weighted by molar-refractivity contribution is 4.98. The van der Waals surface area contributed by atoms with Crippen LogP contribution >= 0.6 is 0 Å². The highest BCUT2D eigenvalue weighted by atomic mass is 15.1. The van der Waals surface area contributed by atoms with Gasteiger partial charge in [-0.15, -0.1) is 0 Å². The lowest BCUT2D eigenvalue weighted by molar-refractivity contribution is 0.235. The molecule has 1 rings (SSSR count). The highest BCUT2D eigenvalue weighted by Gasteiger charge is 2.17. The van der Waals surface area contributed by atoms with Gasteiger partial charge in [0.15, 0.2) is 0 Å². The molecule has 0 amide bonds. The number of hydrogen-bond acceptors (Lipinski definition) is 1. The average Bonchev–Trinajstić information content (AvgIpc) is 2.07. The van der Waals surface area contributed by atoms with E-state index in [0.29, 0.717) is 0 Å². The van der Waals surface area contributed by atoms with E-state index >= 15 is 0 Å². The maximum Gasteiger partial charge on any atom is 0.0200 e. The average molecular weight is 167 g/mol. The van der Waals surface area contributed by atoms with Gasteiger partial charge in [0.1, 0.15) is 0 Å². The van der Waals surface area contributed by atoms with Crippen LogP contribution in [0.4, 0.5) is 0 Å². The van der Waals surface area contributed by atoms with E-state index in [1.165, 1.54) is 44.5 Å². The number of likely N-dealkylation sites (tertiary alicyclic amines) is 1. The van der Waals surface area contributed by atoms with Crippen LogP contribution in [0.2, 0.25) is 0 Å². The number of nitrogens with zero attached hydrogens (tertiary/aromatic N) is 1. The Kier molecular flexibility index (Phi) is 3.64. The van der Waals surface area contributed by atoms with Gasteiger partial charge in [0.05, 0.1) is 0 Å². The molecule has 0 saturated carbocycles. The van der Waals surface area contributed by atoms with E-state index in [1.54, 1.807) is 0 Å². The van der Waals surface area contributed by atoms with Gasteiger partial charge in [-0.3, -0.25) is 0 Å². The molecular formula is C11H21N. The van der Waals surface area contributed by atoms with Crippen LogP contribution in [0, 0.1) is 5.92 Å². The zero-order valence-corrected chi connectivity index (χ0v) is 8.47. The van der Waals surface area contributed by atoms with Crippen molar-refractivity contribution in [2.24, 2.45) is 5.92 Å². The van der Waals surface area contributed by atoms with Gasteiger partial charge in [-0.2, -0.15) is 0 Å². The first kappa shape index (κ1) is 9.63. The van der Waals surface area contributed by atoms with E-state index in [1.807, 2.05) is 0 Å². The van der Waals surface area contributed by atoms with E-state index in [2.05, 4.69) is 25.3 Å². The second-order valence-corrected chi connectivity index (χ2v) is 4.01. The molecule has 1 saturated heterocycles. The number of allylic oxidation sites excluding steroid dienone is 1. The van der Waals surface area contributed by atoms with Crippen LogP contribution in [-0.4, -0.2) is 18.0 Å². The Morgan fingerprint density at radius 2 is 2.33 bits per heavy atom. The van der Waals surface area contributed by atoms with Gasteiger partial charge >= 0.3 is 0 Å². The summed E-state index contributed by atoms with van der Waals surface area (Å²) in [4.78, 5) is 2.47. The summed E-state index contributed by atoms with van der Waals surface area (Å²) in [7, 11) is 0. The molecule has 1 nitrogen and oxygen atoms in total. The molecular weight excluding hydrogens is 146 g/mol. The van der Waals surface area contributed by atoms with Gasteiger partial charge < -0.3 is 4.90 Å². The fraction of sp³-hybridized carbons (Fsp3) is 0.818. The minimum Gasteiger partial charge on any atom is -0.375 e. The zero-order chi connectivity index (χ0) is 8.97. The highest BCUT2D eigenvalue weighted by Crippen LogP contribution is 2.23. The van der Waals surface area contributed by atoms with Gasteiger partial charge in [0, 0.05) is 18.8 Å². The largest absolute Gasteiger partial charge is 0.375 e. The van der Waals surface area contributed by atoms with Gasteiger partial charge in [-0.1, -0.05) is 26.8 Å². The third kappa shape index (κ3) is 2.54. The second-order valence-electron chi connectivity index (χ2n) is 4.01. The summed E-state index contributed by atoms with van der Waals surface area (Å²) < 4.78 is 0. The first-order valence-corrected chi connectivity index (χ1v) is 5.16. The van der Waals surface area contributed by atoms with Gasteiger partial charge in [-0.05, 0) is 25.2 Å². The van der Waals surface area contributed by atoms with Crippen LogP contribution in [0.15, 0.2) is 12.3 Å². The van der Waals surface area contributed by atoms with E-state index in [4.69, 9.17) is 0 Å².